The molecule has 5 aromatic rings. The van der Waals surface area contributed by atoms with Crippen LogP contribution < -0.4 is 10.2 Å². The van der Waals surface area contributed by atoms with Crippen LogP contribution >= 0.6 is 23.4 Å². The molecule has 1 heterocycles. The highest BCUT2D eigenvalue weighted by Crippen LogP contribution is 2.37. The van der Waals surface area contributed by atoms with E-state index in [1.165, 1.54) is 4.90 Å². The van der Waals surface area contributed by atoms with Crippen molar-refractivity contribution >= 4 is 56.8 Å². The largest absolute Gasteiger partial charge is 0.483 e. The Hall–Kier alpha value is -4.69. The summed E-state index contributed by atoms with van der Waals surface area (Å²) < 4.78 is 27.0. The van der Waals surface area contributed by atoms with Gasteiger partial charge in [-0.15, -0.1) is 11.8 Å². The molecule has 6 rings (SSSR count). The predicted octanol–water partition coefficient (Wildman–Crippen LogP) is 8.51. The van der Waals surface area contributed by atoms with Crippen LogP contribution in [0.15, 0.2) is 131 Å². The number of nitrogens with zero attached hydrogens (tertiary/aromatic N) is 2. The Morgan fingerprint density at radius 3 is 2.23 bits per heavy atom. The van der Waals surface area contributed by atoms with Crippen molar-refractivity contribution in [3.05, 3.63) is 143 Å². The summed E-state index contributed by atoms with van der Waals surface area (Å²) in [5.74, 6) is -0.162. The van der Waals surface area contributed by atoms with E-state index in [1.54, 1.807) is 42.1 Å². The van der Waals surface area contributed by atoms with E-state index in [4.69, 9.17) is 21.5 Å². The van der Waals surface area contributed by atoms with E-state index in [2.05, 4.69) is 27.2 Å². The van der Waals surface area contributed by atoms with Gasteiger partial charge in [0.05, 0.1) is 17.6 Å². The van der Waals surface area contributed by atoms with E-state index < -0.39 is 27.5 Å². The number of aryl methyl sites for hydroxylation is 1. The molecule has 1 aliphatic rings. The van der Waals surface area contributed by atoms with E-state index >= 15 is 0 Å². The summed E-state index contributed by atoms with van der Waals surface area (Å²) in [5, 5.41) is 32.0. The van der Waals surface area contributed by atoms with Gasteiger partial charge in [-0.05, 0) is 135 Å². The first-order valence-corrected chi connectivity index (χ1v) is 23.0. The SMILES string of the molecule is Cc1cc(S(=O)(=O)CC(=O)c2ccc(N3CCC([C@@H](O)c4ccccc4-c4ccc(Cl)cc4)CC3)cc2)ccc1N[C@H](CCN(C)CCO)CSc1ccccc1.O=CO. The summed E-state index contributed by atoms with van der Waals surface area (Å²) in [6, 6.07) is 38.2. The highest BCUT2D eigenvalue weighted by atomic mass is 35.5. The van der Waals surface area contributed by atoms with Crippen LogP contribution in [0.25, 0.3) is 11.1 Å². The molecule has 10 nitrogen and oxygen atoms in total. The Balaban J connectivity index is 0.00000221. The molecule has 318 valence electrons. The zero-order valence-electron chi connectivity index (χ0n) is 34.0. The van der Waals surface area contributed by atoms with Crippen molar-refractivity contribution < 1.29 is 33.3 Å². The maximum absolute atomic E-state index is 13.5. The third-order valence-electron chi connectivity index (χ3n) is 10.7. The highest BCUT2D eigenvalue weighted by molar-refractivity contribution is 7.99. The Kier molecular flexibility index (Phi) is 17.6. The molecule has 1 aliphatic heterocycles. The minimum Gasteiger partial charge on any atom is -0.483 e. The summed E-state index contributed by atoms with van der Waals surface area (Å²) in [7, 11) is -1.91. The molecule has 13 heteroatoms. The maximum Gasteiger partial charge on any atom is 0.290 e. The molecule has 1 saturated heterocycles. The van der Waals surface area contributed by atoms with Crippen LogP contribution in [0.2, 0.25) is 5.02 Å². The molecule has 1 fully saturated rings. The van der Waals surface area contributed by atoms with Crippen molar-refractivity contribution in [1.82, 2.24) is 4.90 Å². The first-order valence-electron chi connectivity index (χ1n) is 20.0. The Morgan fingerprint density at radius 1 is 0.933 bits per heavy atom. The number of benzene rings is 5. The zero-order chi connectivity index (χ0) is 43.1. The van der Waals surface area contributed by atoms with Gasteiger partial charge < -0.3 is 30.4 Å². The summed E-state index contributed by atoms with van der Waals surface area (Å²) >= 11 is 7.88. The Bertz CT molecular complexity index is 2240. The monoisotopic (exact) mass is 871 g/mol. The maximum atomic E-state index is 13.5. The number of rotatable bonds is 18. The standard InChI is InChI=1S/C46H52ClN3O5S2.CH2O2/c1-33-30-41(20-21-44(33)48-38(24-25-49(2)28-29-51)31-56-40-8-4-3-5-9-40)57(54,55)32-45(52)35-14-18-39(19-15-35)50-26-22-36(23-27-50)46(53)43-11-7-6-10-42(43)34-12-16-37(47)17-13-34;2-1-3/h3-21,30,36,38,46,48,51,53H,22-29,31-32H2,1-2H3;1H,(H,2,3)/t38-,46-;/m1./s1. The quantitative estimate of drug-likeness (QED) is 0.0382. The van der Waals surface area contributed by atoms with Gasteiger partial charge in [-0.25, -0.2) is 8.42 Å². The summed E-state index contributed by atoms with van der Waals surface area (Å²) in [4.78, 5) is 27.3. The fraction of sp³-hybridized carbons (Fsp3) is 0.319. The summed E-state index contributed by atoms with van der Waals surface area (Å²) in [5.41, 5.74) is 5.88. The molecule has 0 amide bonds. The van der Waals surface area contributed by atoms with Gasteiger partial charge in [-0.1, -0.05) is 66.2 Å². The normalized spacial score (nSPS) is 14.2. The third-order valence-corrected chi connectivity index (χ3v) is 13.8. The lowest BCUT2D eigenvalue weighted by Crippen LogP contribution is -2.35. The minimum atomic E-state index is -3.89. The molecule has 0 saturated carbocycles. The number of likely N-dealkylation sites (N-methyl/N-ethyl adjacent to an activating group) is 1. The average molecular weight is 873 g/mol. The Labute approximate surface area is 363 Å². The number of carbonyl (C=O) groups excluding carboxylic acids is 1. The molecule has 0 bridgehead atoms. The van der Waals surface area contributed by atoms with Gasteiger partial charge >= 0.3 is 0 Å². The number of carbonyl (C=O) groups is 2. The topological polar surface area (TPSA) is 147 Å². The number of Topliss-reactive ketones (excluding diaryl/α,β-unsaturated/α-hetero) is 1. The smallest absolute Gasteiger partial charge is 0.290 e. The van der Waals surface area contributed by atoms with Gasteiger partial charge in [-0.2, -0.15) is 0 Å². The summed E-state index contributed by atoms with van der Waals surface area (Å²) in [6.07, 6.45) is 1.84. The molecule has 5 aromatic carbocycles. The van der Waals surface area contributed by atoms with E-state index in [9.17, 15) is 23.4 Å². The molecular weight excluding hydrogens is 818 g/mol. The molecule has 60 heavy (non-hydrogen) atoms. The highest BCUT2D eigenvalue weighted by Gasteiger charge is 2.28. The van der Waals surface area contributed by atoms with Crippen molar-refractivity contribution in [2.75, 3.05) is 61.6 Å². The van der Waals surface area contributed by atoms with Crippen LogP contribution in [0.5, 0.6) is 0 Å². The first-order chi connectivity index (χ1) is 28.9. The van der Waals surface area contributed by atoms with Crippen LogP contribution in [-0.4, -0.2) is 98.3 Å². The number of halogens is 1. The fourth-order valence-corrected chi connectivity index (χ4v) is 9.78. The molecular formula is C47H54ClN3O7S2. The molecule has 4 N–H and O–H groups in total. The minimum absolute atomic E-state index is 0.0960. The molecule has 0 aliphatic carbocycles. The Morgan fingerprint density at radius 2 is 1.58 bits per heavy atom. The number of aliphatic hydroxyl groups excluding tert-OH is 2. The molecule has 0 spiro atoms. The number of sulfone groups is 1. The molecule has 0 aromatic heterocycles. The lowest BCUT2D eigenvalue weighted by molar-refractivity contribution is -0.122. The number of ketones is 1. The third kappa shape index (κ3) is 13.2. The molecule has 0 radical (unpaired) electrons. The van der Waals surface area contributed by atoms with Gasteiger partial charge in [-0.3, -0.25) is 9.59 Å². The number of carboxylic acid groups (broad SMARTS) is 1. The van der Waals surface area contributed by atoms with Crippen LogP contribution in [0.1, 0.15) is 46.9 Å². The van der Waals surface area contributed by atoms with E-state index in [0.29, 0.717) is 17.1 Å². The second kappa shape index (κ2) is 22.8. The van der Waals surface area contributed by atoms with Crippen molar-refractivity contribution in [2.45, 2.75) is 48.1 Å². The second-order valence-electron chi connectivity index (χ2n) is 15.0. The van der Waals surface area contributed by atoms with E-state index in [-0.39, 0.29) is 29.9 Å². The van der Waals surface area contributed by atoms with Crippen LogP contribution in [0.4, 0.5) is 11.4 Å². The number of hydrogen-bond acceptors (Lipinski definition) is 10. The number of thioether (sulfide) groups is 1. The first kappa shape index (κ1) is 46.4. The van der Waals surface area contributed by atoms with Crippen LogP contribution in [0, 0.1) is 12.8 Å². The predicted molar refractivity (Wildman–Crippen MR) is 243 cm³/mol. The number of nitrogens with one attached hydrogen (secondary N) is 1. The van der Waals surface area contributed by atoms with Gasteiger partial charge in [0.1, 0.15) is 5.75 Å². The van der Waals surface area contributed by atoms with Gasteiger partial charge in [0, 0.05) is 58.3 Å². The van der Waals surface area contributed by atoms with E-state index in [1.807, 2.05) is 92.8 Å². The van der Waals surface area contributed by atoms with E-state index in [0.717, 1.165) is 78.3 Å². The summed E-state index contributed by atoms with van der Waals surface area (Å²) in [6.45, 7) is 4.64. The molecule has 0 unspecified atom stereocenters. The number of hydrogen-bond donors (Lipinski definition) is 4. The second-order valence-corrected chi connectivity index (χ2v) is 18.5. The molecule has 2 atom stereocenters. The number of anilines is 2. The zero-order valence-corrected chi connectivity index (χ0v) is 36.4. The number of piperidine rings is 1. The average Bonchev–Trinajstić information content (AvgIpc) is 3.26. The van der Waals surface area contributed by atoms with Gasteiger partial charge in [0.2, 0.25) is 0 Å². The van der Waals surface area contributed by atoms with Crippen LogP contribution in [-0.2, 0) is 14.6 Å². The fourth-order valence-electron chi connectivity index (χ4n) is 7.35. The number of aliphatic hydroxyl groups is 2. The van der Waals surface area contributed by atoms with Gasteiger partial charge in [0.15, 0.2) is 15.6 Å². The van der Waals surface area contributed by atoms with Crippen molar-refractivity contribution in [1.29, 1.82) is 0 Å². The van der Waals surface area contributed by atoms with Crippen molar-refractivity contribution in [3.63, 3.8) is 0 Å². The van der Waals surface area contributed by atoms with Crippen molar-refractivity contribution in [2.24, 2.45) is 5.92 Å². The lowest BCUT2D eigenvalue weighted by atomic mass is 9.84. The van der Waals surface area contributed by atoms with Gasteiger partial charge in [0.25, 0.3) is 6.47 Å². The van der Waals surface area contributed by atoms with Crippen LogP contribution in [0.3, 0.4) is 0 Å². The lowest BCUT2D eigenvalue weighted by Gasteiger charge is -2.36. The van der Waals surface area contributed by atoms with Crippen molar-refractivity contribution in [3.8, 4) is 11.1 Å².